The maximum Gasteiger partial charge on any atom is 0.420 e. The van der Waals surface area contributed by atoms with Crippen LogP contribution in [0.2, 0.25) is 0 Å². The van der Waals surface area contributed by atoms with Gasteiger partial charge in [-0.15, -0.1) is 0 Å². The Morgan fingerprint density at radius 2 is 1.88 bits per heavy atom. The van der Waals surface area contributed by atoms with Gasteiger partial charge < -0.3 is 14.1 Å². The summed E-state index contributed by atoms with van der Waals surface area (Å²) in [5, 5.41) is 0. The summed E-state index contributed by atoms with van der Waals surface area (Å²) in [6.07, 6.45) is 0. The zero-order chi connectivity index (χ0) is 23.8. The summed E-state index contributed by atoms with van der Waals surface area (Å²) < 4.78 is 39.3. The van der Waals surface area contributed by atoms with E-state index in [-0.39, 0.29) is 29.7 Å². The minimum Gasteiger partial charge on any atom is -0.465 e. The van der Waals surface area contributed by atoms with Gasteiger partial charge in [0.15, 0.2) is 5.58 Å². The molecule has 0 aliphatic carbocycles. The van der Waals surface area contributed by atoms with Crippen molar-refractivity contribution in [1.82, 2.24) is 8.87 Å². The first kappa shape index (κ1) is 23.1. The number of oxazole rings is 1. The number of anilines is 1. The molecule has 0 unspecified atom stereocenters. The first-order valence-electron chi connectivity index (χ1n) is 10.8. The monoisotopic (exact) mass is 473 g/mol. The lowest BCUT2D eigenvalue weighted by Gasteiger charge is -2.40. The number of piperazine rings is 1. The highest BCUT2D eigenvalue weighted by molar-refractivity contribution is 7.89. The van der Waals surface area contributed by atoms with Gasteiger partial charge in [-0.05, 0) is 45.0 Å². The Balaban J connectivity index is 1.56. The Morgan fingerprint density at radius 1 is 1.15 bits per heavy atom. The fourth-order valence-corrected chi connectivity index (χ4v) is 5.63. The number of esters is 1. The van der Waals surface area contributed by atoms with Crippen LogP contribution in [0.5, 0.6) is 0 Å². The predicted molar refractivity (Wildman–Crippen MR) is 124 cm³/mol. The van der Waals surface area contributed by atoms with Crippen LogP contribution in [0, 0.1) is 6.92 Å². The normalized spacial score (nSPS) is 17.4. The molecule has 0 bridgehead atoms. The van der Waals surface area contributed by atoms with Crippen LogP contribution in [0.15, 0.2) is 56.6 Å². The summed E-state index contributed by atoms with van der Waals surface area (Å²) in [4.78, 5) is 26.2. The highest BCUT2D eigenvalue weighted by Crippen LogP contribution is 2.26. The van der Waals surface area contributed by atoms with Gasteiger partial charge >= 0.3 is 11.7 Å². The molecule has 176 valence electrons. The lowest BCUT2D eigenvalue weighted by Crippen LogP contribution is -2.53. The molecule has 4 rings (SSSR count). The summed E-state index contributed by atoms with van der Waals surface area (Å²) in [7, 11) is -3.79. The van der Waals surface area contributed by atoms with Gasteiger partial charge in [0.1, 0.15) is 6.54 Å². The summed E-state index contributed by atoms with van der Waals surface area (Å²) >= 11 is 0. The van der Waals surface area contributed by atoms with Gasteiger partial charge in [-0.3, -0.25) is 9.36 Å². The molecular formula is C23H27N3O6S. The minimum absolute atomic E-state index is 0.0106. The topological polar surface area (TPSA) is 102 Å². The lowest BCUT2D eigenvalue weighted by atomic mass is 10.1. The number of aryl methyl sites for hydroxylation is 1. The predicted octanol–water partition coefficient (Wildman–Crippen LogP) is 2.37. The zero-order valence-electron chi connectivity index (χ0n) is 18.9. The first-order chi connectivity index (χ1) is 15.7. The largest absolute Gasteiger partial charge is 0.465 e. The van der Waals surface area contributed by atoms with Crippen LogP contribution in [-0.4, -0.2) is 55.5 Å². The number of sulfonamides is 1. The van der Waals surface area contributed by atoms with Crippen LogP contribution in [-0.2, 0) is 26.1 Å². The van der Waals surface area contributed by atoms with Gasteiger partial charge in [-0.1, -0.05) is 17.7 Å². The molecule has 1 fully saturated rings. The Hall–Kier alpha value is -3.11. The van der Waals surface area contributed by atoms with Crippen molar-refractivity contribution >= 4 is 32.8 Å². The van der Waals surface area contributed by atoms with E-state index in [0.29, 0.717) is 25.2 Å². The van der Waals surface area contributed by atoms with E-state index in [4.69, 9.17) is 9.15 Å². The van der Waals surface area contributed by atoms with Crippen molar-refractivity contribution < 1.29 is 22.4 Å². The van der Waals surface area contributed by atoms with Crippen molar-refractivity contribution in [3.05, 3.63) is 58.6 Å². The number of hydrogen-bond acceptors (Lipinski definition) is 7. The number of benzene rings is 2. The number of hydrogen-bond donors (Lipinski definition) is 0. The number of aromatic nitrogens is 1. The van der Waals surface area contributed by atoms with Crippen LogP contribution >= 0.6 is 0 Å². The van der Waals surface area contributed by atoms with E-state index in [0.717, 1.165) is 10.3 Å². The van der Waals surface area contributed by atoms with Crippen molar-refractivity contribution in [2.75, 3.05) is 31.1 Å². The number of carbonyl (C=O) groups excluding carboxylic acids is 1. The molecular weight excluding hydrogens is 446 g/mol. The Labute approximate surface area is 192 Å². The van der Waals surface area contributed by atoms with Gasteiger partial charge in [-0.2, -0.15) is 4.31 Å². The van der Waals surface area contributed by atoms with E-state index in [2.05, 4.69) is 4.90 Å². The van der Waals surface area contributed by atoms with Gasteiger partial charge in [0, 0.05) is 37.4 Å². The molecule has 0 radical (unpaired) electrons. The van der Waals surface area contributed by atoms with Gasteiger partial charge in [0.2, 0.25) is 10.0 Å². The van der Waals surface area contributed by atoms with Crippen molar-refractivity contribution in [2.45, 2.75) is 38.3 Å². The summed E-state index contributed by atoms with van der Waals surface area (Å²) in [6, 6.07) is 12.4. The molecule has 10 heteroatoms. The second-order valence-corrected chi connectivity index (χ2v) is 10.1. The first-order valence-corrected chi connectivity index (χ1v) is 12.3. The molecule has 0 saturated carbocycles. The molecule has 0 amide bonds. The maximum atomic E-state index is 13.3. The van der Waals surface area contributed by atoms with E-state index in [9.17, 15) is 18.0 Å². The molecule has 2 heterocycles. The highest BCUT2D eigenvalue weighted by atomic mass is 32.2. The van der Waals surface area contributed by atoms with Gasteiger partial charge in [-0.25, -0.2) is 13.2 Å². The van der Waals surface area contributed by atoms with Crippen LogP contribution < -0.4 is 10.7 Å². The van der Waals surface area contributed by atoms with E-state index < -0.39 is 21.7 Å². The van der Waals surface area contributed by atoms with Crippen LogP contribution in [0.4, 0.5) is 5.69 Å². The van der Waals surface area contributed by atoms with E-state index in [1.54, 1.807) is 6.92 Å². The van der Waals surface area contributed by atoms with Crippen molar-refractivity contribution in [2.24, 2.45) is 0 Å². The molecule has 3 aromatic rings. The number of rotatable bonds is 6. The van der Waals surface area contributed by atoms with Crippen LogP contribution in [0.1, 0.15) is 19.4 Å². The molecule has 33 heavy (non-hydrogen) atoms. The average Bonchev–Trinajstić information content (AvgIpc) is 3.09. The molecule has 1 aliphatic heterocycles. The van der Waals surface area contributed by atoms with Gasteiger partial charge in [0.25, 0.3) is 0 Å². The highest BCUT2D eigenvalue weighted by Gasteiger charge is 2.33. The van der Waals surface area contributed by atoms with E-state index in [1.165, 1.54) is 28.1 Å². The quantitative estimate of drug-likeness (QED) is 0.507. The van der Waals surface area contributed by atoms with Crippen molar-refractivity contribution in [1.29, 1.82) is 0 Å². The maximum absolute atomic E-state index is 13.3. The third kappa shape index (κ3) is 4.53. The van der Waals surface area contributed by atoms with E-state index >= 15 is 0 Å². The molecule has 0 N–H and O–H groups in total. The number of carbonyl (C=O) groups is 1. The molecule has 9 nitrogen and oxygen atoms in total. The summed E-state index contributed by atoms with van der Waals surface area (Å²) in [5.41, 5.74) is 2.68. The summed E-state index contributed by atoms with van der Waals surface area (Å²) in [6.45, 7) is 6.84. The zero-order valence-corrected chi connectivity index (χ0v) is 19.7. The average molecular weight is 474 g/mol. The molecule has 1 saturated heterocycles. The fraction of sp³-hybridized carbons (Fsp3) is 0.391. The molecule has 1 aliphatic rings. The smallest absolute Gasteiger partial charge is 0.420 e. The van der Waals surface area contributed by atoms with Crippen LogP contribution in [0.25, 0.3) is 11.1 Å². The second kappa shape index (κ2) is 9.03. The molecule has 2 aromatic carbocycles. The Bertz CT molecular complexity index is 1330. The standard InChI is InChI=1S/C23H27N3O6S/c1-4-31-22(27)15-26-20-10-9-19(13-21(20)32-23(26)28)33(29,30)24-11-12-25(17(3)14-24)18-7-5-16(2)6-8-18/h5-10,13,17H,4,11-12,14-15H2,1-3H3/t17-/m1/s1. The summed E-state index contributed by atoms with van der Waals surface area (Å²) in [5.74, 6) is -1.31. The molecule has 1 aromatic heterocycles. The second-order valence-electron chi connectivity index (χ2n) is 8.13. The van der Waals surface area contributed by atoms with Crippen LogP contribution in [0.3, 0.4) is 0 Å². The third-order valence-corrected chi connectivity index (χ3v) is 7.69. The van der Waals surface area contributed by atoms with E-state index in [1.807, 2.05) is 38.1 Å². The number of nitrogens with zero attached hydrogens (tertiary/aromatic N) is 3. The Morgan fingerprint density at radius 3 is 2.55 bits per heavy atom. The van der Waals surface area contributed by atoms with Crippen molar-refractivity contribution in [3.63, 3.8) is 0 Å². The minimum atomic E-state index is -3.79. The van der Waals surface area contributed by atoms with Gasteiger partial charge in [0.05, 0.1) is 17.0 Å². The SMILES string of the molecule is CCOC(=O)Cn1c(=O)oc2cc(S(=O)(=O)N3CCN(c4ccc(C)cc4)[C@H](C)C3)ccc21. The number of fused-ring (bicyclic) bond motifs is 1. The molecule has 0 spiro atoms. The fourth-order valence-electron chi connectivity index (χ4n) is 4.10. The Kier molecular flexibility index (Phi) is 6.31. The van der Waals surface area contributed by atoms with Crippen molar-refractivity contribution in [3.8, 4) is 0 Å². The molecule has 1 atom stereocenters. The third-order valence-electron chi connectivity index (χ3n) is 5.83. The number of ether oxygens (including phenoxy) is 1. The lowest BCUT2D eigenvalue weighted by molar-refractivity contribution is -0.143.